The standard InChI is InChI=1S/C21H20N2O3S/c1-13-5-3-7-16(11-13)17-8-4-6-15(12-17)14(2)22-20(24)18-9-10-19(27-18)21(25)23-26/h3-12,14,26H,1-2H3,(H,22,24)(H,23,25). The van der Waals surface area contributed by atoms with Crippen LogP contribution in [0.5, 0.6) is 0 Å². The molecule has 0 bridgehead atoms. The Bertz CT molecular complexity index is 981. The molecule has 5 nitrogen and oxygen atoms in total. The molecule has 3 aromatic rings. The molecule has 1 unspecified atom stereocenters. The lowest BCUT2D eigenvalue weighted by Crippen LogP contribution is -2.25. The van der Waals surface area contributed by atoms with Crippen molar-refractivity contribution in [3.8, 4) is 11.1 Å². The first kappa shape index (κ1) is 18.8. The van der Waals surface area contributed by atoms with Gasteiger partial charge >= 0.3 is 0 Å². The monoisotopic (exact) mass is 380 g/mol. The van der Waals surface area contributed by atoms with Crippen LogP contribution in [0.1, 0.15) is 43.4 Å². The quantitative estimate of drug-likeness (QED) is 0.455. The lowest BCUT2D eigenvalue weighted by molar-refractivity contribution is 0.0711. The van der Waals surface area contributed by atoms with Gasteiger partial charge in [0.1, 0.15) is 0 Å². The SMILES string of the molecule is Cc1cccc(-c2cccc(C(C)NC(=O)c3ccc(C(=O)NO)s3)c2)c1. The molecule has 0 saturated carbocycles. The summed E-state index contributed by atoms with van der Waals surface area (Å²) in [6.45, 7) is 3.98. The molecule has 0 fully saturated rings. The van der Waals surface area contributed by atoms with Crippen molar-refractivity contribution >= 4 is 23.2 Å². The number of benzene rings is 2. The Balaban J connectivity index is 1.75. The van der Waals surface area contributed by atoms with Crippen LogP contribution < -0.4 is 10.8 Å². The molecule has 0 aliphatic carbocycles. The molecule has 2 amide bonds. The summed E-state index contributed by atoms with van der Waals surface area (Å²) in [5.41, 5.74) is 5.98. The maximum atomic E-state index is 12.5. The van der Waals surface area contributed by atoms with Crippen molar-refractivity contribution in [2.45, 2.75) is 19.9 Å². The largest absolute Gasteiger partial charge is 0.345 e. The average molecular weight is 380 g/mol. The number of aryl methyl sites for hydroxylation is 1. The Morgan fingerprint density at radius 1 is 0.926 bits per heavy atom. The van der Waals surface area contributed by atoms with E-state index in [0.29, 0.717) is 4.88 Å². The summed E-state index contributed by atoms with van der Waals surface area (Å²) in [6.07, 6.45) is 0. The average Bonchev–Trinajstić information content (AvgIpc) is 3.18. The van der Waals surface area contributed by atoms with Gasteiger partial charge in [-0.1, -0.05) is 48.0 Å². The number of hydrogen-bond acceptors (Lipinski definition) is 4. The minimum Gasteiger partial charge on any atom is -0.345 e. The highest BCUT2D eigenvalue weighted by molar-refractivity contribution is 7.15. The zero-order valence-corrected chi connectivity index (χ0v) is 15.8. The number of carbonyl (C=O) groups excluding carboxylic acids is 2. The van der Waals surface area contributed by atoms with E-state index in [1.807, 2.05) is 31.2 Å². The van der Waals surface area contributed by atoms with Crippen LogP contribution in [0.3, 0.4) is 0 Å². The maximum absolute atomic E-state index is 12.5. The number of nitrogens with one attached hydrogen (secondary N) is 2. The van der Waals surface area contributed by atoms with Crippen LogP contribution in [-0.4, -0.2) is 17.0 Å². The van der Waals surface area contributed by atoms with Crippen LogP contribution >= 0.6 is 11.3 Å². The normalized spacial score (nSPS) is 11.7. The predicted molar refractivity (Wildman–Crippen MR) is 106 cm³/mol. The number of amides is 2. The van der Waals surface area contributed by atoms with Gasteiger partial charge in [-0.2, -0.15) is 0 Å². The molecular weight excluding hydrogens is 360 g/mol. The molecule has 0 aliphatic rings. The van der Waals surface area contributed by atoms with Crippen molar-refractivity contribution in [1.82, 2.24) is 10.8 Å². The first-order valence-corrected chi connectivity index (χ1v) is 9.31. The third-order valence-electron chi connectivity index (χ3n) is 4.24. The highest BCUT2D eigenvalue weighted by atomic mass is 32.1. The topological polar surface area (TPSA) is 78.4 Å². The highest BCUT2D eigenvalue weighted by Crippen LogP contribution is 2.25. The maximum Gasteiger partial charge on any atom is 0.284 e. The molecule has 138 valence electrons. The van der Waals surface area contributed by atoms with Gasteiger partial charge in [-0.25, -0.2) is 5.48 Å². The van der Waals surface area contributed by atoms with Gasteiger partial charge in [0.25, 0.3) is 11.8 Å². The molecule has 0 aliphatic heterocycles. The fourth-order valence-corrected chi connectivity index (χ4v) is 3.60. The predicted octanol–water partition coefficient (Wildman–Crippen LogP) is 4.33. The molecule has 0 saturated heterocycles. The second-order valence-corrected chi connectivity index (χ2v) is 7.38. The lowest BCUT2D eigenvalue weighted by Gasteiger charge is -2.15. The van der Waals surface area contributed by atoms with E-state index in [-0.39, 0.29) is 16.8 Å². The summed E-state index contributed by atoms with van der Waals surface area (Å²) in [4.78, 5) is 24.6. The molecule has 1 atom stereocenters. The van der Waals surface area contributed by atoms with Crippen LogP contribution in [0.25, 0.3) is 11.1 Å². The smallest absolute Gasteiger partial charge is 0.284 e. The van der Waals surface area contributed by atoms with E-state index in [2.05, 4.69) is 36.5 Å². The van der Waals surface area contributed by atoms with Crippen LogP contribution in [0.15, 0.2) is 60.7 Å². The number of hydrogen-bond donors (Lipinski definition) is 3. The second kappa shape index (κ2) is 8.16. The van der Waals surface area contributed by atoms with Gasteiger partial charge in [-0.15, -0.1) is 11.3 Å². The third kappa shape index (κ3) is 4.42. The fourth-order valence-electron chi connectivity index (χ4n) is 2.80. The van der Waals surface area contributed by atoms with Gasteiger partial charge in [-0.05, 0) is 48.7 Å². The Labute approximate surface area is 161 Å². The minimum atomic E-state index is -0.627. The molecule has 1 heterocycles. The summed E-state index contributed by atoms with van der Waals surface area (Å²) < 4.78 is 0. The lowest BCUT2D eigenvalue weighted by atomic mass is 9.99. The van der Waals surface area contributed by atoms with Crippen molar-refractivity contribution in [2.24, 2.45) is 0 Å². The van der Waals surface area contributed by atoms with Crippen molar-refractivity contribution in [3.05, 3.63) is 81.5 Å². The Hall–Kier alpha value is -2.96. The summed E-state index contributed by atoms with van der Waals surface area (Å²) in [5.74, 6) is -0.886. The molecule has 3 N–H and O–H groups in total. The van der Waals surface area contributed by atoms with E-state index in [1.54, 1.807) is 11.5 Å². The van der Waals surface area contributed by atoms with E-state index in [4.69, 9.17) is 5.21 Å². The van der Waals surface area contributed by atoms with Gasteiger partial charge in [0.15, 0.2) is 0 Å². The van der Waals surface area contributed by atoms with Crippen molar-refractivity contribution in [3.63, 3.8) is 0 Å². The van der Waals surface area contributed by atoms with E-state index in [0.717, 1.165) is 28.0 Å². The molecular formula is C21H20N2O3S. The van der Waals surface area contributed by atoms with E-state index in [1.165, 1.54) is 11.6 Å². The molecule has 0 radical (unpaired) electrons. The molecule has 3 rings (SSSR count). The van der Waals surface area contributed by atoms with Crippen LogP contribution in [-0.2, 0) is 0 Å². The minimum absolute atomic E-state index is 0.195. The van der Waals surface area contributed by atoms with Gasteiger partial charge in [0.2, 0.25) is 0 Å². The van der Waals surface area contributed by atoms with E-state index in [9.17, 15) is 9.59 Å². The van der Waals surface area contributed by atoms with E-state index < -0.39 is 5.91 Å². The Morgan fingerprint density at radius 3 is 2.22 bits per heavy atom. The molecule has 6 heteroatoms. The summed E-state index contributed by atoms with van der Waals surface area (Å²) in [5, 5.41) is 11.6. The number of carbonyl (C=O) groups is 2. The summed E-state index contributed by atoms with van der Waals surface area (Å²) in [7, 11) is 0. The zero-order chi connectivity index (χ0) is 19.4. The summed E-state index contributed by atoms with van der Waals surface area (Å²) in [6, 6.07) is 19.2. The Morgan fingerprint density at radius 2 is 1.56 bits per heavy atom. The molecule has 1 aromatic heterocycles. The third-order valence-corrected chi connectivity index (χ3v) is 5.32. The first-order chi connectivity index (χ1) is 13.0. The highest BCUT2D eigenvalue weighted by Gasteiger charge is 2.16. The molecule has 0 spiro atoms. The molecule has 2 aromatic carbocycles. The zero-order valence-electron chi connectivity index (χ0n) is 15.0. The second-order valence-electron chi connectivity index (χ2n) is 6.29. The van der Waals surface area contributed by atoms with Gasteiger partial charge in [0.05, 0.1) is 15.8 Å². The van der Waals surface area contributed by atoms with Gasteiger partial charge < -0.3 is 5.32 Å². The Kier molecular flexibility index (Phi) is 5.69. The van der Waals surface area contributed by atoms with Crippen molar-refractivity contribution < 1.29 is 14.8 Å². The fraction of sp³-hybridized carbons (Fsp3) is 0.143. The van der Waals surface area contributed by atoms with Crippen molar-refractivity contribution in [2.75, 3.05) is 0 Å². The first-order valence-electron chi connectivity index (χ1n) is 8.50. The number of thiophene rings is 1. The van der Waals surface area contributed by atoms with Gasteiger partial charge in [-0.3, -0.25) is 14.8 Å². The number of rotatable bonds is 5. The van der Waals surface area contributed by atoms with Gasteiger partial charge in [0, 0.05) is 0 Å². The summed E-state index contributed by atoms with van der Waals surface area (Å²) >= 11 is 1.03. The van der Waals surface area contributed by atoms with Crippen molar-refractivity contribution in [1.29, 1.82) is 0 Å². The van der Waals surface area contributed by atoms with Crippen LogP contribution in [0, 0.1) is 6.92 Å². The van der Waals surface area contributed by atoms with Crippen LogP contribution in [0.2, 0.25) is 0 Å². The molecule has 27 heavy (non-hydrogen) atoms. The number of hydroxylamine groups is 1. The van der Waals surface area contributed by atoms with Crippen LogP contribution in [0.4, 0.5) is 0 Å². The van der Waals surface area contributed by atoms with E-state index >= 15 is 0 Å².